The van der Waals surface area contributed by atoms with Crippen LogP contribution in [0.3, 0.4) is 0 Å². The molecule has 0 spiro atoms. The Morgan fingerprint density at radius 2 is 1.81 bits per heavy atom. The number of nitrogens with two attached hydrogens (primary N) is 2. The number of rotatable bonds is 4. The number of hydrogen-bond acceptors (Lipinski definition) is 3. The Morgan fingerprint density at radius 3 is 2.33 bits per heavy atom. The molecule has 21 heavy (non-hydrogen) atoms. The highest BCUT2D eigenvalue weighted by atomic mass is 35.5. The van der Waals surface area contributed by atoms with Crippen LogP contribution >= 0.6 is 11.6 Å². The smallest absolute Gasteiger partial charge is 0.0730 e. The van der Waals surface area contributed by atoms with Crippen molar-refractivity contribution in [2.24, 2.45) is 5.84 Å². The minimum absolute atomic E-state index is 0.127. The van der Waals surface area contributed by atoms with Crippen molar-refractivity contribution in [2.45, 2.75) is 31.2 Å². The van der Waals surface area contributed by atoms with Gasteiger partial charge in [0.2, 0.25) is 0 Å². The van der Waals surface area contributed by atoms with Gasteiger partial charge < -0.3 is 5.73 Å². The molecule has 0 aromatic heterocycles. The van der Waals surface area contributed by atoms with Gasteiger partial charge in [-0.2, -0.15) is 0 Å². The maximum absolute atomic E-state index is 6.06. The van der Waals surface area contributed by atoms with E-state index in [0.29, 0.717) is 10.7 Å². The molecule has 1 saturated carbocycles. The van der Waals surface area contributed by atoms with E-state index in [9.17, 15) is 0 Å². The zero-order valence-electron chi connectivity index (χ0n) is 11.9. The minimum atomic E-state index is -0.127. The first kappa shape index (κ1) is 14.4. The van der Waals surface area contributed by atoms with Crippen molar-refractivity contribution in [2.75, 3.05) is 5.73 Å². The molecule has 0 heterocycles. The average Bonchev–Trinajstić information content (AvgIpc) is 2.42. The van der Waals surface area contributed by atoms with Crippen LogP contribution in [0, 0.1) is 0 Å². The number of anilines is 1. The second-order valence-electron chi connectivity index (χ2n) is 5.67. The van der Waals surface area contributed by atoms with Crippen molar-refractivity contribution in [3.63, 3.8) is 0 Å². The van der Waals surface area contributed by atoms with E-state index >= 15 is 0 Å². The van der Waals surface area contributed by atoms with E-state index in [4.69, 9.17) is 23.2 Å². The summed E-state index contributed by atoms with van der Waals surface area (Å²) in [5.41, 5.74) is 13.0. The van der Waals surface area contributed by atoms with Crippen LogP contribution in [0.15, 0.2) is 42.5 Å². The van der Waals surface area contributed by atoms with Crippen LogP contribution in [-0.2, 0) is 0 Å². The van der Waals surface area contributed by atoms with Gasteiger partial charge in [0.25, 0.3) is 0 Å². The summed E-state index contributed by atoms with van der Waals surface area (Å²) in [6.07, 6.45) is 3.96. The van der Waals surface area contributed by atoms with Gasteiger partial charge in [-0.1, -0.05) is 48.4 Å². The molecule has 1 atom stereocenters. The van der Waals surface area contributed by atoms with Crippen molar-refractivity contribution in [3.05, 3.63) is 64.2 Å². The average molecular weight is 302 g/mol. The fraction of sp³-hybridized carbons (Fsp3) is 0.294. The molecule has 4 heteroatoms. The zero-order valence-corrected chi connectivity index (χ0v) is 12.6. The molecule has 0 aliphatic heterocycles. The minimum Gasteiger partial charge on any atom is -0.398 e. The van der Waals surface area contributed by atoms with Crippen molar-refractivity contribution in [3.8, 4) is 0 Å². The molecule has 110 valence electrons. The summed E-state index contributed by atoms with van der Waals surface area (Å²) in [7, 11) is 0. The van der Waals surface area contributed by atoms with Crippen LogP contribution in [0.1, 0.15) is 47.9 Å². The van der Waals surface area contributed by atoms with Gasteiger partial charge in [-0.05, 0) is 47.6 Å². The summed E-state index contributed by atoms with van der Waals surface area (Å²) in [5.74, 6) is 6.48. The molecular weight excluding hydrogens is 282 g/mol. The lowest BCUT2D eigenvalue weighted by Gasteiger charge is -2.26. The highest BCUT2D eigenvalue weighted by Gasteiger charge is 2.20. The highest BCUT2D eigenvalue weighted by molar-refractivity contribution is 6.30. The summed E-state index contributed by atoms with van der Waals surface area (Å²) in [6.45, 7) is 0. The van der Waals surface area contributed by atoms with E-state index in [0.717, 1.165) is 17.0 Å². The van der Waals surface area contributed by atoms with E-state index in [1.165, 1.54) is 24.8 Å². The van der Waals surface area contributed by atoms with Crippen LogP contribution in [0.5, 0.6) is 0 Å². The van der Waals surface area contributed by atoms with E-state index in [1.807, 2.05) is 12.1 Å². The van der Waals surface area contributed by atoms with Gasteiger partial charge in [0, 0.05) is 10.7 Å². The third-order valence-electron chi connectivity index (χ3n) is 4.37. The highest BCUT2D eigenvalue weighted by Crippen LogP contribution is 2.37. The van der Waals surface area contributed by atoms with Gasteiger partial charge in [0.15, 0.2) is 0 Å². The molecule has 5 N–H and O–H groups in total. The van der Waals surface area contributed by atoms with Gasteiger partial charge in [-0.3, -0.25) is 5.84 Å². The summed E-state index contributed by atoms with van der Waals surface area (Å²) in [5, 5.41) is 0.632. The number of hydrogen-bond donors (Lipinski definition) is 3. The van der Waals surface area contributed by atoms with Crippen LogP contribution in [-0.4, -0.2) is 0 Å². The van der Waals surface area contributed by atoms with Crippen molar-refractivity contribution >= 4 is 17.3 Å². The van der Waals surface area contributed by atoms with Crippen LogP contribution in [0.4, 0.5) is 5.69 Å². The second-order valence-corrected chi connectivity index (χ2v) is 6.10. The molecular formula is C17H20ClN3. The zero-order chi connectivity index (χ0) is 14.8. The summed E-state index contributed by atoms with van der Waals surface area (Å²) in [4.78, 5) is 0. The fourth-order valence-corrected chi connectivity index (χ4v) is 3.06. The van der Waals surface area contributed by atoms with Crippen LogP contribution < -0.4 is 17.0 Å². The lowest BCUT2D eigenvalue weighted by atomic mass is 9.79. The molecule has 1 unspecified atom stereocenters. The maximum Gasteiger partial charge on any atom is 0.0730 e. The number of hydrazine groups is 1. The van der Waals surface area contributed by atoms with Gasteiger partial charge >= 0.3 is 0 Å². The number of benzene rings is 2. The monoisotopic (exact) mass is 301 g/mol. The van der Waals surface area contributed by atoms with E-state index in [1.54, 1.807) is 6.07 Å². The van der Waals surface area contributed by atoms with Crippen molar-refractivity contribution < 1.29 is 0 Å². The van der Waals surface area contributed by atoms with Crippen LogP contribution in [0.2, 0.25) is 5.02 Å². The molecule has 2 aromatic carbocycles. The van der Waals surface area contributed by atoms with Crippen molar-refractivity contribution in [1.29, 1.82) is 0 Å². The molecule has 3 rings (SSSR count). The largest absolute Gasteiger partial charge is 0.398 e. The Labute approximate surface area is 130 Å². The Bertz CT molecular complexity index is 620. The van der Waals surface area contributed by atoms with Crippen molar-refractivity contribution in [1.82, 2.24) is 5.43 Å². The normalized spacial score (nSPS) is 16.5. The Morgan fingerprint density at radius 1 is 1.10 bits per heavy atom. The first-order chi connectivity index (χ1) is 10.2. The first-order valence-electron chi connectivity index (χ1n) is 7.30. The van der Waals surface area contributed by atoms with Gasteiger partial charge in [0.1, 0.15) is 0 Å². The number of halogens is 1. The van der Waals surface area contributed by atoms with E-state index in [-0.39, 0.29) is 6.04 Å². The molecule has 0 radical (unpaired) electrons. The molecule has 2 aromatic rings. The predicted octanol–water partition coefficient (Wildman–Crippen LogP) is 3.74. The first-order valence-corrected chi connectivity index (χ1v) is 7.67. The molecule has 0 amide bonds. The molecule has 1 aliphatic carbocycles. The number of nitrogens with one attached hydrogen (secondary N) is 1. The number of nitrogen functional groups attached to an aromatic ring is 1. The second kappa shape index (κ2) is 6.06. The Balaban J connectivity index is 1.88. The lowest BCUT2D eigenvalue weighted by Crippen LogP contribution is -2.29. The fourth-order valence-electron chi connectivity index (χ4n) is 2.88. The van der Waals surface area contributed by atoms with Gasteiger partial charge in [-0.25, -0.2) is 5.43 Å². The predicted molar refractivity (Wildman–Crippen MR) is 88.1 cm³/mol. The lowest BCUT2D eigenvalue weighted by molar-refractivity contribution is 0.419. The maximum atomic E-state index is 6.06. The SMILES string of the molecule is NNC(c1ccc(C2CCC2)cc1)c1ccc(Cl)cc1N. The standard InChI is InChI=1S/C17H20ClN3/c18-14-8-9-15(16(19)10-14)17(21-20)13-6-4-12(5-7-13)11-2-1-3-11/h4-11,17,21H,1-3,19-20H2. The quantitative estimate of drug-likeness (QED) is 0.458. The van der Waals surface area contributed by atoms with Gasteiger partial charge in [-0.15, -0.1) is 0 Å². The van der Waals surface area contributed by atoms with Gasteiger partial charge in [0.05, 0.1) is 6.04 Å². The molecule has 1 fully saturated rings. The molecule has 0 saturated heterocycles. The third kappa shape index (κ3) is 2.91. The molecule has 0 bridgehead atoms. The summed E-state index contributed by atoms with van der Waals surface area (Å²) >= 11 is 5.96. The summed E-state index contributed by atoms with van der Waals surface area (Å²) < 4.78 is 0. The van der Waals surface area contributed by atoms with Crippen LogP contribution in [0.25, 0.3) is 0 Å². The Hall–Kier alpha value is -1.55. The summed E-state index contributed by atoms with van der Waals surface area (Å²) in [6, 6.07) is 14.0. The Kier molecular flexibility index (Phi) is 4.15. The third-order valence-corrected chi connectivity index (χ3v) is 4.61. The molecule has 3 nitrogen and oxygen atoms in total. The molecule has 1 aliphatic rings. The van der Waals surface area contributed by atoms with E-state index in [2.05, 4.69) is 29.7 Å². The van der Waals surface area contributed by atoms with E-state index < -0.39 is 0 Å². The topological polar surface area (TPSA) is 64.1 Å².